The summed E-state index contributed by atoms with van der Waals surface area (Å²) in [6.07, 6.45) is 1.62. The summed E-state index contributed by atoms with van der Waals surface area (Å²) in [5.41, 5.74) is 1.83. The summed E-state index contributed by atoms with van der Waals surface area (Å²) >= 11 is 0. The van der Waals surface area contributed by atoms with E-state index in [1.807, 2.05) is 39.0 Å². The van der Waals surface area contributed by atoms with E-state index in [0.717, 1.165) is 12.8 Å². The topological polar surface area (TPSA) is 67.4 Å². The van der Waals surface area contributed by atoms with Crippen LogP contribution in [0.5, 0.6) is 5.75 Å². The number of hydrogen-bond acceptors (Lipinski definition) is 3. The Morgan fingerprint density at radius 3 is 2.19 bits per heavy atom. The predicted molar refractivity (Wildman–Crippen MR) is 105 cm³/mol. The van der Waals surface area contributed by atoms with Gasteiger partial charge in [0.25, 0.3) is 5.91 Å². The predicted octanol–water partition coefficient (Wildman–Crippen LogP) is 4.71. The molecule has 2 aromatic rings. The molecule has 0 fully saturated rings. The molecule has 2 rings (SSSR count). The van der Waals surface area contributed by atoms with Crippen LogP contribution in [0.4, 0.5) is 11.4 Å². The summed E-state index contributed by atoms with van der Waals surface area (Å²) in [5.74, 6) is 0.429. The van der Waals surface area contributed by atoms with Crippen molar-refractivity contribution < 1.29 is 14.3 Å². The molecule has 0 unspecified atom stereocenters. The third kappa shape index (κ3) is 5.09. The average Bonchev–Trinajstić information content (AvgIpc) is 2.65. The highest BCUT2D eigenvalue weighted by Gasteiger charge is 2.14. The molecular formula is C21H26N2O3. The molecule has 0 aliphatic heterocycles. The van der Waals surface area contributed by atoms with Crippen molar-refractivity contribution in [3.8, 4) is 5.75 Å². The minimum Gasteiger partial charge on any atom is -0.492 e. The van der Waals surface area contributed by atoms with Crippen molar-refractivity contribution in [3.05, 3.63) is 54.1 Å². The number of carbonyl (C=O) groups excluding carboxylic acids is 2. The molecule has 0 aromatic heterocycles. The van der Waals surface area contributed by atoms with Crippen LogP contribution in [-0.4, -0.2) is 18.4 Å². The van der Waals surface area contributed by atoms with Gasteiger partial charge in [-0.05, 0) is 56.2 Å². The zero-order valence-electron chi connectivity index (χ0n) is 15.5. The maximum Gasteiger partial charge on any atom is 0.255 e. The number of para-hydroxylation sites is 2. The van der Waals surface area contributed by atoms with Gasteiger partial charge in [0.1, 0.15) is 5.75 Å². The van der Waals surface area contributed by atoms with E-state index >= 15 is 0 Å². The second-order valence-electron chi connectivity index (χ2n) is 5.96. The van der Waals surface area contributed by atoms with E-state index in [4.69, 9.17) is 4.74 Å². The van der Waals surface area contributed by atoms with Crippen molar-refractivity contribution in [3.63, 3.8) is 0 Å². The van der Waals surface area contributed by atoms with E-state index in [0.29, 0.717) is 29.3 Å². The number of carbonyl (C=O) groups is 2. The monoisotopic (exact) mass is 354 g/mol. The Hall–Kier alpha value is -2.82. The highest BCUT2D eigenvalue weighted by molar-refractivity contribution is 6.05. The first-order chi connectivity index (χ1) is 12.6. The molecule has 0 radical (unpaired) electrons. The molecule has 2 aromatic carbocycles. The van der Waals surface area contributed by atoms with Gasteiger partial charge in [-0.15, -0.1) is 0 Å². The van der Waals surface area contributed by atoms with Crippen molar-refractivity contribution in [2.24, 2.45) is 5.92 Å². The van der Waals surface area contributed by atoms with Gasteiger partial charge in [0.2, 0.25) is 5.91 Å². The number of anilines is 2. The Kier molecular flexibility index (Phi) is 7.21. The number of nitrogens with one attached hydrogen (secondary N) is 2. The third-order valence-electron chi connectivity index (χ3n) is 4.21. The molecule has 0 saturated carbocycles. The summed E-state index contributed by atoms with van der Waals surface area (Å²) < 4.78 is 5.52. The fraction of sp³-hybridized carbons (Fsp3) is 0.333. The quantitative estimate of drug-likeness (QED) is 0.721. The lowest BCUT2D eigenvalue weighted by Crippen LogP contribution is -2.21. The molecule has 0 heterocycles. The third-order valence-corrected chi connectivity index (χ3v) is 4.21. The number of benzene rings is 2. The lowest BCUT2D eigenvalue weighted by atomic mass is 10.0. The second-order valence-corrected chi connectivity index (χ2v) is 5.96. The van der Waals surface area contributed by atoms with Crippen LogP contribution in [0.25, 0.3) is 0 Å². The molecule has 0 saturated heterocycles. The van der Waals surface area contributed by atoms with Crippen molar-refractivity contribution in [1.29, 1.82) is 0 Å². The summed E-state index contributed by atoms with van der Waals surface area (Å²) in [7, 11) is 0. The van der Waals surface area contributed by atoms with E-state index in [2.05, 4.69) is 10.6 Å². The zero-order valence-corrected chi connectivity index (χ0v) is 15.5. The SMILES string of the molecule is CCOc1ccccc1NC(=O)c1ccc(NC(=O)C(CC)CC)cc1. The Morgan fingerprint density at radius 2 is 1.58 bits per heavy atom. The maximum absolute atomic E-state index is 12.5. The van der Waals surface area contributed by atoms with Crippen LogP contribution in [-0.2, 0) is 4.79 Å². The lowest BCUT2D eigenvalue weighted by molar-refractivity contribution is -0.120. The Morgan fingerprint density at radius 1 is 0.923 bits per heavy atom. The summed E-state index contributed by atoms with van der Waals surface area (Å²) in [6.45, 7) is 6.42. The highest BCUT2D eigenvalue weighted by Crippen LogP contribution is 2.24. The fourth-order valence-electron chi connectivity index (χ4n) is 2.65. The zero-order chi connectivity index (χ0) is 18.9. The first-order valence-electron chi connectivity index (χ1n) is 9.03. The number of rotatable bonds is 8. The fourth-order valence-corrected chi connectivity index (χ4v) is 2.65. The number of hydrogen-bond donors (Lipinski definition) is 2. The van der Waals surface area contributed by atoms with E-state index in [9.17, 15) is 9.59 Å². The summed E-state index contributed by atoms with van der Waals surface area (Å²) in [6, 6.07) is 14.2. The lowest BCUT2D eigenvalue weighted by Gasteiger charge is -2.13. The molecule has 26 heavy (non-hydrogen) atoms. The van der Waals surface area contributed by atoms with Gasteiger partial charge in [-0.25, -0.2) is 0 Å². The molecule has 0 atom stereocenters. The molecule has 138 valence electrons. The Labute approximate surface area is 154 Å². The minimum absolute atomic E-state index is 0.00745. The molecule has 0 spiro atoms. The number of amides is 2. The van der Waals surface area contributed by atoms with Gasteiger partial charge < -0.3 is 15.4 Å². The van der Waals surface area contributed by atoms with E-state index < -0.39 is 0 Å². The van der Waals surface area contributed by atoms with Crippen LogP contribution in [0, 0.1) is 5.92 Å². The van der Waals surface area contributed by atoms with Gasteiger partial charge in [0, 0.05) is 17.2 Å². The molecule has 5 heteroatoms. The molecule has 0 aliphatic carbocycles. The van der Waals surface area contributed by atoms with Gasteiger partial charge >= 0.3 is 0 Å². The van der Waals surface area contributed by atoms with Crippen molar-refractivity contribution in [2.75, 3.05) is 17.2 Å². The van der Waals surface area contributed by atoms with E-state index in [1.54, 1.807) is 30.3 Å². The van der Waals surface area contributed by atoms with Crippen LogP contribution in [0.2, 0.25) is 0 Å². The van der Waals surface area contributed by atoms with Crippen LogP contribution in [0.1, 0.15) is 44.0 Å². The van der Waals surface area contributed by atoms with Gasteiger partial charge in [0.05, 0.1) is 12.3 Å². The van der Waals surface area contributed by atoms with E-state index in [1.165, 1.54) is 0 Å². The minimum atomic E-state index is -0.227. The molecule has 2 N–H and O–H groups in total. The summed E-state index contributed by atoms with van der Waals surface area (Å²) in [5, 5.41) is 5.75. The summed E-state index contributed by atoms with van der Waals surface area (Å²) in [4.78, 5) is 24.6. The van der Waals surface area contributed by atoms with E-state index in [-0.39, 0.29) is 17.7 Å². The molecule has 2 amide bonds. The van der Waals surface area contributed by atoms with Crippen molar-refractivity contribution in [1.82, 2.24) is 0 Å². The van der Waals surface area contributed by atoms with Crippen molar-refractivity contribution in [2.45, 2.75) is 33.6 Å². The highest BCUT2D eigenvalue weighted by atomic mass is 16.5. The van der Waals surface area contributed by atoms with Crippen LogP contribution in [0.3, 0.4) is 0 Å². The molecule has 0 bridgehead atoms. The van der Waals surface area contributed by atoms with Crippen LogP contribution in [0.15, 0.2) is 48.5 Å². The van der Waals surface area contributed by atoms with Gasteiger partial charge in [-0.3, -0.25) is 9.59 Å². The number of ether oxygens (including phenoxy) is 1. The second kappa shape index (κ2) is 9.61. The average molecular weight is 354 g/mol. The molecule has 0 aliphatic rings. The smallest absolute Gasteiger partial charge is 0.255 e. The molecule has 5 nitrogen and oxygen atoms in total. The van der Waals surface area contributed by atoms with Crippen molar-refractivity contribution >= 4 is 23.2 Å². The van der Waals surface area contributed by atoms with Gasteiger partial charge in [-0.1, -0.05) is 26.0 Å². The molecular weight excluding hydrogens is 328 g/mol. The largest absolute Gasteiger partial charge is 0.492 e. The van der Waals surface area contributed by atoms with Crippen LogP contribution >= 0.6 is 0 Å². The normalized spacial score (nSPS) is 10.5. The maximum atomic E-state index is 12.5. The Balaban J connectivity index is 2.04. The standard InChI is InChI=1S/C21H26N2O3/c1-4-15(5-2)20(24)22-17-13-11-16(12-14-17)21(25)23-18-9-7-8-10-19(18)26-6-3/h7-15H,4-6H2,1-3H3,(H,22,24)(H,23,25). The Bertz CT molecular complexity index is 737. The first-order valence-corrected chi connectivity index (χ1v) is 9.03. The first kappa shape index (κ1) is 19.5. The van der Waals surface area contributed by atoms with Crippen LogP contribution < -0.4 is 15.4 Å². The van der Waals surface area contributed by atoms with Gasteiger partial charge in [-0.2, -0.15) is 0 Å². The van der Waals surface area contributed by atoms with Gasteiger partial charge in [0.15, 0.2) is 0 Å².